The monoisotopic (exact) mass is 453 g/mol. The molecule has 2 heterocycles. The first-order valence-corrected chi connectivity index (χ1v) is 13.6. The minimum atomic E-state index is 0. The van der Waals surface area contributed by atoms with E-state index in [0.29, 0.717) is 21.8 Å². The molecule has 0 aromatic rings. The lowest BCUT2D eigenvalue weighted by Gasteiger charge is -2.51. The maximum atomic E-state index is 2.83. The molecular weight excluding hydrogens is 388 g/mol. The van der Waals surface area contributed by atoms with Crippen LogP contribution in [-0.4, -0.2) is 48.6 Å². The summed E-state index contributed by atoms with van der Waals surface area (Å²) in [6.45, 7) is 31.6. The molecule has 0 aromatic heterocycles. The molecular formula is C30H64N2. The van der Waals surface area contributed by atoms with Crippen molar-refractivity contribution in [2.75, 3.05) is 33.2 Å². The van der Waals surface area contributed by atoms with Gasteiger partial charge in [0.2, 0.25) is 0 Å². The molecule has 0 aliphatic carbocycles. The smallest absolute Gasteiger partial charge is 0.0158 e. The number of nitrogens with zero attached hydrogens (tertiary/aromatic N) is 2. The van der Waals surface area contributed by atoms with Gasteiger partial charge in [0.1, 0.15) is 0 Å². The van der Waals surface area contributed by atoms with Crippen LogP contribution in [0.3, 0.4) is 0 Å². The number of hydrogen-bond acceptors (Lipinski definition) is 2. The summed E-state index contributed by atoms with van der Waals surface area (Å²) in [6.07, 6.45) is 9.48. The highest BCUT2D eigenvalue weighted by molar-refractivity contribution is 4.95. The normalized spacial score (nSPS) is 21.0. The van der Waals surface area contributed by atoms with Gasteiger partial charge in [-0.3, -0.25) is 4.90 Å². The molecule has 0 atom stereocenters. The average molecular weight is 453 g/mol. The van der Waals surface area contributed by atoms with E-state index in [1.165, 1.54) is 71.1 Å². The van der Waals surface area contributed by atoms with Crippen molar-refractivity contribution in [3.8, 4) is 0 Å². The highest BCUT2D eigenvalue weighted by Gasteiger charge is 2.42. The van der Waals surface area contributed by atoms with Crippen LogP contribution in [0.2, 0.25) is 0 Å². The Morgan fingerprint density at radius 3 is 1.44 bits per heavy atom. The molecule has 2 rings (SSSR count). The van der Waals surface area contributed by atoms with E-state index in [0.717, 1.165) is 11.8 Å². The highest BCUT2D eigenvalue weighted by atomic mass is 15.2. The van der Waals surface area contributed by atoms with Crippen molar-refractivity contribution in [1.82, 2.24) is 9.80 Å². The highest BCUT2D eigenvalue weighted by Crippen LogP contribution is 2.47. The van der Waals surface area contributed by atoms with Crippen LogP contribution in [0.25, 0.3) is 0 Å². The van der Waals surface area contributed by atoms with Crippen molar-refractivity contribution in [3.63, 3.8) is 0 Å². The van der Waals surface area contributed by atoms with Crippen molar-refractivity contribution in [1.29, 1.82) is 0 Å². The molecule has 0 amide bonds. The lowest BCUT2D eigenvalue weighted by atomic mass is 9.64. The van der Waals surface area contributed by atoms with Crippen LogP contribution in [0.4, 0.5) is 0 Å². The van der Waals surface area contributed by atoms with Crippen LogP contribution in [0, 0.1) is 28.1 Å². The van der Waals surface area contributed by atoms with E-state index < -0.39 is 0 Å². The zero-order valence-corrected chi connectivity index (χ0v) is 23.8. The third kappa shape index (κ3) is 8.94. The molecule has 194 valence electrons. The standard InChI is InChI=1S/C27H54N2.C2H6.CH4/c1-11-24(2,3)20-25(4,5)23-14-18-29(19-15-23)27(8,9)21-26(6,7)22-12-16-28(10)17-13-22;1-2;/h22-23H,11-21H2,1-10H3;1-2H3;1H4. The van der Waals surface area contributed by atoms with Gasteiger partial charge in [-0.15, -0.1) is 0 Å². The molecule has 0 saturated carbocycles. The first kappa shape index (κ1) is 31.9. The number of piperidine rings is 2. The number of likely N-dealkylation sites (tertiary alicyclic amines) is 2. The predicted molar refractivity (Wildman–Crippen MR) is 148 cm³/mol. The summed E-state index contributed by atoms with van der Waals surface area (Å²) in [5.74, 6) is 1.76. The zero-order chi connectivity index (χ0) is 24.1. The van der Waals surface area contributed by atoms with Crippen molar-refractivity contribution < 1.29 is 0 Å². The summed E-state index contributed by atoms with van der Waals surface area (Å²) in [6, 6.07) is 0. The first-order valence-electron chi connectivity index (χ1n) is 13.6. The summed E-state index contributed by atoms with van der Waals surface area (Å²) in [7, 11) is 2.28. The Balaban J connectivity index is 0.00000311. The molecule has 2 heteroatoms. The van der Waals surface area contributed by atoms with E-state index in [-0.39, 0.29) is 7.43 Å². The molecule has 32 heavy (non-hydrogen) atoms. The molecule has 0 N–H and O–H groups in total. The predicted octanol–water partition coefficient (Wildman–Crippen LogP) is 8.75. The molecule has 0 aromatic carbocycles. The van der Waals surface area contributed by atoms with Gasteiger partial charge in [0.05, 0.1) is 0 Å². The van der Waals surface area contributed by atoms with Crippen molar-refractivity contribution >= 4 is 0 Å². The van der Waals surface area contributed by atoms with Crippen LogP contribution < -0.4 is 0 Å². The van der Waals surface area contributed by atoms with Crippen LogP contribution in [0.1, 0.15) is 129 Å². The van der Waals surface area contributed by atoms with Crippen molar-refractivity contribution in [2.45, 2.75) is 134 Å². The Labute approximate surface area is 205 Å². The second-order valence-electron chi connectivity index (χ2n) is 13.5. The maximum Gasteiger partial charge on any atom is 0.0158 e. The number of hydrogen-bond donors (Lipinski definition) is 0. The lowest BCUT2D eigenvalue weighted by Crippen LogP contribution is -2.52. The minimum Gasteiger partial charge on any atom is -0.306 e. The summed E-state index contributed by atoms with van der Waals surface area (Å²) < 4.78 is 0. The van der Waals surface area contributed by atoms with E-state index in [4.69, 9.17) is 0 Å². The van der Waals surface area contributed by atoms with Gasteiger partial charge in [0.25, 0.3) is 0 Å². The third-order valence-corrected chi connectivity index (χ3v) is 9.06. The number of rotatable bonds is 8. The first-order chi connectivity index (χ1) is 14.2. The SMILES string of the molecule is C.CC.CCC(C)(C)CC(C)(C)C1CCN(C(C)(C)CC(C)(C)C2CCN(C)CC2)CC1. The molecule has 2 nitrogen and oxygen atoms in total. The van der Waals surface area contributed by atoms with Crippen LogP contribution in [-0.2, 0) is 0 Å². The van der Waals surface area contributed by atoms with Crippen LogP contribution in [0.5, 0.6) is 0 Å². The molecule has 0 spiro atoms. The minimum absolute atomic E-state index is 0. The van der Waals surface area contributed by atoms with E-state index in [1.807, 2.05) is 13.8 Å². The molecule has 0 bridgehead atoms. The quantitative estimate of drug-likeness (QED) is 0.363. The Kier molecular flexibility index (Phi) is 12.5. The van der Waals surface area contributed by atoms with E-state index >= 15 is 0 Å². The fourth-order valence-corrected chi connectivity index (χ4v) is 6.93. The van der Waals surface area contributed by atoms with Gasteiger partial charge >= 0.3 is 0 Å². The maximum absolute atomic E-state index is 2.83. The Bertz CT molecular complexity index is 501. The molecule has 2 aliphatic heterocycles. The van der Waals surface area contributed by atoms with Gasteiger partial charge in [-0.2, -0.15) is 0 Å². The van der Waals surface area contributed by atoms with Gasteiger partial charge in [0, 0.05) is 5.54 Å². The van der Waals surface area contributed by atoms with Gasteiger partial charge in [-0.1, -0.05) is 76.2 Å². The van der Waals surface area contributed by atoms with E-state index in [9.17, 15) is 0 Å². The molecule has 0 radical (unpaired) electrons. The Morgan fingerprint density at radius 2 is 1.03 bits per heavy atom. The summed E-state index contributed by atoms with van der Waals surface area (Å²) in [5, 5.41) is 0. The van der Waals surface area contributed by atoms with E-state index in [2.05, 4.69) is 79.2 Å². The second-order valence-corrected chi connectivity index (χ2v) is 13.5. The second kappa shape index (κ2) is 12.6. The van der Waals surface area contributed by atoms with Gasteiger partial charge < -0.3 is 4.90 Å². The van der Waals surface area contributed by atoms with Gasteiger partial charge in [0.15, 0.2) is 0 Å². The average Bonchev–Trinajstić information content (AvgIpc) is 2.68. The largest absolute Gasteiger partial charge is 0.306 e. The zero-order valence-electron chi connectivity index (χ0n) is 23.8. The Hall–Kier alpha value is -0.0800. The molecule has 2 fully saturated rings. The molecule has 2 aliphatic rings. The summed E-state index contributed by atoms with van der Waals surface area (Å²) in [5.41, 5.74) is 1.68. The van der Waals surface area contributed by atoms with Gasteiger partial charge in [-0.05, 0) is 114 Å². The Morgan fingerprint density at radius 1 is 0.656 bits per heavy atom. The lowest BCUT2D eigenvalue weighted by molar-refractivity contribution is -0.0109. The molecule has 0 unspecified atom stereocenters. The van der Waals surface area contributed by atoms with Crippen molar-refractivity contribution in [3.05, 3.63) is 0 Å². The van der Waals surface area contributed by atoms with E-state index in [1.54, 1.807) is 0 Å². The van der Waals surface area contributed by atoms with Crippen molar-refractivity contribution in [2.24, 2.45) is 28.1 Å². The summed E-state index contributed by atoms with van der Waals surface area (Å²) in [4.78, 5) is 5.34. The summed E-state index contributed by atoms with van der Waals surface area (Å²) >= 11 is 0. The van der Waals surface area contributed by atoms with Crippen LogP contribution >= 0.6 is 0 Å². The fraction of sp³-hybridized carbons (Fsp3) is 1.00. The van der Waals surface area contributed by atoms with Gasteiger partial charge in [-0.25, -0.2) is 0 Å². The van der Waals surface area contributed by atoms with Crippen LogP contribution in [0.15, 0.2) is 0 Å². The third-order valence-electron chi connectivity index (χ3n) is 9.06. The fourth-order valence-electron chi connectivity index (χ4n) is 6.93. The topological polar surface area (TPSA) is 6.48 Å². The molecule has 2 saturated heterocycles.